The number of benzene rings is 1. The maximum atomic E-state index is 12.5. The predicted octanol–water partition coefficient (Wildman–Crippen LogP) is 1.81. The molecule has 0 aliphatic heterocycles. The number of amides is 1. The topological polar surface area (TPSA) is 101 Å². The van der Waals surface area contributed by atoms with E-state index in [2.05, 4.69) is 4.72 Å². The zero-order valence-electron chi connectivity index (χ0n) is 13.8. The van der Waals surface area contributed by atoms with Crippen molar-refractivity contribution in [3.8, 4) is 0 Å². The van der Waals surface area contributed by atoms with Crippen molar-refractivity contribution < 1.29 is 26.4 Å². The van der Waals surface area contributed by atoms with Crippen molar-refractivity contribution in [2.45, 2.75) is 36.4 Å². The summed E-state index contributed by atoms with van der Waals surface area (Å²) >= 11 is 0. The van der Waals surface area contributed by atoms with Crippen molar-refractivity contribution in [1.29, 1.82) is 0 Å². The summed E-state index contributed by atoms with van der Waals surface area (Å²) in [7, 11) is -3.89. The Morgan fingerprint density at radius 2 is 1.96 bits per heavy atom. The third-order valence-electron chi connectivity index (χ3n) is 4.12. The summed E-state index contributed by atoms with van der Waals surface area (Å²) in [5.74, 6) is -0.942. The van der Waals surface area contributed by atoms with Crippen LogP contribution in [0.4, 0.5) is 13.2 Å². The van der Waals surface area contributed by atoms with E-state index >= 15 is 0 Å². The quantitative estimate of drug-likeness (QED) is 0.659. The van der Waals surface area contributed by atoms with Crippen molar-refractivity contribution in [1.82, 2.24) is 10.0 Å². The number of sulfonamides is 1. The molecule has 2 atom stereocenters. The number of rotatable bonds is 6. The lowest BCUT2D eigenvalue weighted by molar-refractivity contribution is -0.123. The first kappa shape index (κ1) is 22.7. The molecule has 1 aromatic carbocycles. The van der Waals surface area contributed by atoms with Crippen LogP contribution in [0, 0.1) is 5.92 Å². The molecular weight excluding hydrogens is 395 g/mol. The smallest absolute Gasteiger partial charge is 0.343 e. The summed E-state index contributed by atoms with van der Waals surface area (Å²) in [5, 5.41) is 1.71. The second kappa shape index (κ2) is 9.03. The summed E-state index contributed by atoms with van der Waals surface area (Å²) in [6.45, 7) is -1.12. The summed E-state index contributed by atoms with van der Waals surface area (Å²) < 4.78 is 64.0. The van der Waals surface area contributed by atoms with Gasteiger partial charge in [0.25, 0.3) is 5.91 Å². The zero-order valence-corrected chi connectivity index (χ0v) is 15.4. The number of hydrogen-bond donors (Lipinski definition) is 3. The maximum absolute atomic E-state index is 12.5. The molecule has 0 spiro atoms. The fraction of sp³-hybridized carbons (Fsp3) is 0.533. The van der Waals surface area contributed by atoms with Gasteiger partial charge in [0.2, 0.25) is 10.0 Å². The van der Waals surface area contributed by atoms with Crippen molar-refractivity contribution in [2.24, 2.45) is 11.7 Å². The van der Waals surface area contributed by atoms with Crippen molar-refractivity contribution in [3.05, 3.63) is 29.8 Å². The van der Waals surface area contributed by atoms with E-state index in [1.165, 1.54) is 18.2 Å². The van der Waals surface area contributed by atoms with Gasteiger partial charge < -0.3 is 11.1 Å². The van der Waals surface area contributed by atoms with Crippen LogP contribution in [0.15, 0.2) is 29.2 Å². The van der Waals surface area contributed by atoms with E-state index in [1.807, 2.05) is 0 Å². The third kappa shape index (κ3) is 6.11. The highest BCUT2D eigenvalue weighted by molar-refractivity contribution is 7.89. The van der Waals surface area contributed by atoms with Crippen LogP contribution in [0.3, 0.4) is 0 Å². The van der Waals surface area contributed by atoms with Gasteiger partial charge in [-0.25, -0.2) is 13.1 Å². The van der Waals surface area contributed by atoms with Gasteiger partial charge in [-0.1, -0.05) is 12.5 Å². The highest BCUT2D eigenvalue weighted by Gasteiger charge is 2.31. The Balaban J connectivity index is 0.00000338. The number of halogens is 4. The van der Waals surface area contributed by atoms with Crippen LogP contribution in [-0.2, 0) is 10.0 Å². The Morgan fingerprint density at radius 1 is 1.27 bits per heavy atom. The monoisotopic (exact) mass is 415 g/mol. The van der Waals surface area contributed by atoms with Gasteiger partial charge in [-0.15, -0.1) is 12.4 Å². The Bertz CT molecular complexity index is 728. The summed E-state index contributed by atoms with van der Waals surface area (Å²) in [5.41, 5.74) is 5.48. The fourth-order valence-corrected chi connectivity index (χ4v) is 4.21. The van der Waals surface area contributed by atoms with Gasteiger partial charge in [0.15, 0.2) is 0 Å². The summed E-state index contributed by atoms with van der Waals surface area (Å²) in [6, 6.07) is 4.63. The Morgan fingerprint density at radius 3 is 2.58 bits per heavy atom. The second-order valence-corrected chi connectivity index (χ2v) is 7.69. The normalized spacial score (nSPS) is 20.5. The molecule has 2 unspecified atom stereocenters. The first-order valence-corrected chi connectivity index (χ1v) is 9.28. The van der Waals surface area contributed by atoms with Gasteiger partial charge in [-0.05, 0) is 43.5 Å². The molecule has 1 aliphatic rings. The number of alkyl halides is 3. The Kier molecular flexibility index (Phi) is 7.87. The molecule has 6 nitrogen and oxygen atoms in total. The largest absolute Gasteiger partial charge is 0.405 e. The molecule has 0 saturated heterocycles. The van der Waals surface area contributed by atoms with Crippen LogP contribution in [0.1, 0.15) is 29.6 Å². The Hall–Kier alpha value is -1.36. The minimum absolute atomic E-state index is 0. The molecule has 1 aromatic rings. The van der Waals surface area contributed by atoms with Crippen LogP contribution >= 0.6 is 12.4 Å². The van der Waals surface area contributed by atoms with Gasteiger partial charge in [0.1, 0.15) is 6.54 Å². The maximum Gasteiger partial charge on any atom is 0.405 e. The first-order chi connectivity index (χ1) is 11.6. The molecule has 1 amide bonds. The predicted molar refractivity (Wildman–Crippen MR) is 92.6 cm³/mol. The van der Waals surface area contributed by atoms with E-state index in [1.54, 1.807) is 5.32 Å². The van der Waals surface area contributed by atoms with Crippen LogP contribution in [0.2, 0.25) is 0 Å². The zero-order chi connectivity index (χ0) is 18.7. The standard InChI is InChI=1S/C15H20F3N3O3S.ClH/c16-15(17,18)9-20-14(22)10-3-1-5-12(7-10)25(23,24)21-13-6-2-4-11(13)8-19;/h1,3,5,7,11,13,21H,2,4,6,8-9,19H2,(H,20,22);1H. The number of carbonyl (C=O) groups excluding carboxylic acids is 1. The van der Waals surface area contributed by atoms with Crippen molar-refractivity contribution >= 4 is 28.3 Å². The fourth-order valence-electron chi connectivity index (χ4n) is 2.83. The second-order valence-electron chi connectivity index (χ2n) is 5.98. The number of nitrogens with two attached hydrogens (primary N) is 1. The van der Waals surface area contributed by atoms with Gasteiger partial charge >= 0.3 is 6.18 Å². The molecule has 0 heterocycles. The molecule has 4 N–H and O–H groups in total. The van der Waals surface area contributed by atoms with Crippen LogP contribution in [0.5, 0.6) is 0 Å². The molecule has 1 saturated carbocycles. The minimum Gasteiger partial charge on any atom is -0.343 e. The van der Waals surface area contributed by atoms with Gasteiger partial charge in [-0.2, -0.15) is 13.2 Å². The molecule has 1 aliphatic carbocycles. The lowest BCUT2D eigenvalue weighted by atomic mass is 10.1. The van der Waals surface area contributed by atoms with Crippen molar-refractivity contribution in [2.75, 3.05) is 13.1 Å². The summed E-state index contributed by atoms with van der Waals surface area (Å²) in [6.07, 6.45) is -2.16. The molecule has 2 rings (SSSR count). The first-order valence-electron chi connectivity index (χ1n) is 7.80. The van der Waals surface area contributed by atoms with Gasteiger partial charge in [-0.3, -0.25) is 4.79 Å². The van der Waals surface area contributed by atoms with E-state index in [4.69, 9.17) is 5.73 Å². The average Bonchev–Trinajstić information content (AvgIpc) is 2.98. The number of carbonyl (C=O) groups is 1. The number of nitrogens with one attached hydrogen (secondary N) is 2. The van der Waals surface area contributed by atoms with E-state index in [0.717, 1.165) is 18.9 Å². The Labute approximate surface area is 156 Å². The highest BCUT2D eigenvalue weighted by Crippen LogP contribution is 2.26. The molecule has 148 valence electrons. The molecule has 0 radical (unpaired) electrons. The van der Waals surface area contributed by atoms with Crippen molar-refractivity contribution in [3.63, 3.8) is 0 Å². The van der Waals surface area contributed by atoms with E-state index in [-0.39, 0.29) is 34.8 Å². The average molecular weight is 416 g/mol. The molecule has 1 fully saturated rings. The van der Waals surface area contributed by atoms with Crippen LogP contribution < -0.4 is 15.8 Å². The van der Waals surface area contributed by atoms with E-state index in [9.17, 15) is 26.4 Å². The molecule has 0 aromatic heterocycles. The SMILES string of the molecule is Cl.NCC1CCCC1NS(=O)(=O)c1cccc(C(=O)NCC(F)(F)F)c1. The third-order valence-corrected chi connectivity index (χ3v) is 5.61. The lowest BCUT2D eigenvalue weighted by Crippen LogP contribution is -2.40. The summed E-state index contributed by atoms with van der Waals surface area (Å²) in [4.78, 5) is 11.6. The number of hydrogen-bond acceptors (Lipinski definition) is 4. The molecular formula is C15H21ClF3N3O3S. The lowest BCUT2D eigenvalue weighted by Gasteiger charge is -2.19. The molecule has 26 heavy (non-hydrogen) atoms. The highest BCUT2D eigenvalue weighted by atomic mass is 35.5. The van der Waals surface area contributed by atoms with Gasteiger partial charge in [0.05, 0.1) is 4.90 Å². The minimum atomic E-state index is -4.54. The van der Waals surface area contributed by atoms with E-state index in [0.29, 0.717) is 13.0 Å². The van der Waals surface area contributed by atoms with Crippen LogP contribution in [0.25, 0.3) is 0 Å². The molecule has 0 bridgehead atoms. The van der Waals surface area contributed by atoms with Gasteiger partial charge in [0, 0.05) is 11.6 Å². The van der Waals surface area contributed by atoms with E-state index < -0.39 is 28.7 Å². The molecule has 11 heteroatoms. The van der Waals surface area contributed by atoms with Crippen LogP contribution in [-0.4, -0.2) is 39.6 Å².